The minimum atomic E-state index is 0.300. The summed E-state index contributed by atoms with van der Waals surface area (Å²) in [6, 6.07) is 0.300. The van der Waals surface area contributed by atoms with Gasteiger partial charge in [-0.3, -0.25) is 4.90 Å². The molecule has 2 N–H and O–H groups in total. The molecule has 0 saturated carbocycles. The van der Waals surface area contributed by atoms with Gasteiger partial charge in [-0.25, -0.2) is 0 Å². The Morgan fingerprint density at radius 1 is 1.33 bits per heavy atom. The number of ether oxygens (including phenoxy) is 1. The normalized spacial score (nSPS) is 22.8. The third-order valence-electron chi connectivity index (χ3n) is 3.34. The van der Waals surface area contributed by atoms with Gasteiger partial charge in [0.1, 0.15) is 0 Å². The van der Waals surface area contributed by atoms with Crippen molar-refractivity contribution in [1.82, 2.24) is 4.90 Å². The quantitative estimate of drug-likeness (QED) is 0.800. The highest BCUT2D eigenvalue weighted by molar-refractivity contribution is 8.03. The zero-order chi connectivity index (χ0) is 12.6. The van der Waals surface area contributed by atoms with Crippen LogP contribution in [0.15, 0.2) is 23.1 Å². The summed E-state index contributed by atoms with van der Waals surface area (Å²) in [6.07, 6.45) is 10.3. The highest BCUT2D eigenvalue weighted by Gasteiger charge is 2.12. The van der Waals surface area contributed by atoms with Crippen LogP contribution >= 0.6 is 11.8 Å². The average molecular weight is 268 g/mol. The number of nitrogens with two attached hydrogens (primary N) is 1. The van der Waals surface area contributed by atoms with Crippen LogP contribution in [0.2, 0.25) is 0 Å². The number of rotatable bonds is 6. The summed E-state index contributed by atoms with van der Waals surface area (Å²) in [5, 5.41) is 0. The molecule has 0 bridgehead atoms. The van der Waals surface area contributed by atoms with Crippen LogP contribution in [0.1, 0.15) is 19.3 Å². The predicted octanol–water partition coefficient (Wildman–Crippen LogP) is 2.00. The maximum Gasteiger partial charge on any atom is 0.0594 e. The minimum absolute atomic E-state index is 0.300. The minimum Gasteiger partial charge on any atom is -0.379 e. The lowest BCUT2D eigenvalue weighted by molar-refractivity contribution is 0.0369. The van der Waals surface area contributed by atoms with Gasteiger partial charge in [0.2, 0.25) is 0 Å². The van der Waals surface area contributed by atoms with Crippen LogP contribution in [0.3, 0.4) is 0 Å². The molecule has 0 radical (unpaired) electrons. The third-order valence-corrected chi connectivity index (χ3v) is 4.58. The predicted molar refractivity (Wildman–Crippen MR) is 78.8 cm³/mol. The van der Waals surface area contributed by atoms with E-state index in [1.54, 1.807) is 0 Å². The molecular formula is C14H24N2OS. The first kappa shape index (κ1) is 14.1. The van der Waals surface area contributed by atoms with E-state index < -0.39 is 0 Å². The van der Waals surface area contributed by atoms with E-state index in [1.165, 1.54) is 17.7 Å². The Bertz CT molecular complexity index is 298. The summed E-state index contributed by atoms with van der Waals surface area (Å²) in [4.78, 5) is 3.84. The molecule has 1 fully saturated rings. The number of hydrogen-bond donors (Lipinski definition) is 1. The molecule has 0 aromatic rings. The van der Waals surface area contributed by atoms with Crippen LogP contribution in [-0.4, -0.2) is 49.5 Å². The van der Waals surface area contributed by atoms with Gasteiger partial charge in [0.15, 0.2) is 0 Å². The van der Waals surface area contributed by atoms with Gasteiger partial charge in [-0.1, -0.05) is 18.2 Å². The Labute approximate surface area is 114 Å². The molecule has 1 unspecified atom stereocenters. The van der Waals surface area contributed by atoms with Gasteiger partial charge in [0, 0.05) is 29.8 Å². The Hall–Kier alpha value is -0.290. The second-order valence-corrected chi connectivity index (χ2v) is 5.99. The molecule has 0 aromatic carbocycles. The van der Waals surface area contributed by atoms with Crippen LogP contribution in [-0.2, 0) is 4.74 Å². The van der Waals surface area contributed by atoms with Gasteiger partial charge in [-0.2, -0.15) is 0 Å². The molecule has 0 aromatic heterocycles. The van der Waals surface area contributed by atoms with E-state index in [0.717, 1.165) is 45.0 Å². The fourth-order valence-electron chi connectivity index (χ4n) is 2.16. The zero-order valence-corrected chi connectivity index (χ0v) is 11.8. The van der Waals surface area contributed by atoms with Gasteiger partial charge in [0.05, 0.1) is 13.2 Å². The highest BCUT2D eigenvalue weighted by Crippen LogP contribution is 2.22. The molecule has 1 saturated heterocycles. The average Bonchev–Trinajstić information content (AvgIpc) is 2.45. The van der Waals surface area contributed by atoms with Crippen LogP contribution < -0.4 is 5.73 Å². The molecule has 1 atom stereocenters. The Kier molecular flexibility index (Phi) is 6.28. The summed E-state index contributed by atoms with van der Waals surface area (Å²) in [6.45, 7) is 4.99. The summed E-state index contributed by atoms with van der Waals surface area (Å²) in [5.41, 5.74) is 6.18. The Morgan fingerprint density at radius 2 is 2.17 bits per heavy atom. The maximum absolute atomic E-state index is 6.18. The summed E-state index contributed by atoms with van der Waals surface area (Å²) < 4.78 is 5.34. The maximum atomic E-state index is 6.18. The Morgan fingerprint density at radius 3 is 2.89 bits per heavy atom. The number of allylic oxidation sites excluding steroid dienone is 3. The summed E-state index contributed by atoms with van der Waals surface area (Å²) in [5.74, 6) is 1.03. The van der Waals surface area contributed by atoms with Gasteiger partial charge in [-0.15, -0.1) is 11.8 Å². The van der Waals surface area contributed by atoms with Crippen molar-refractivity contribution >= 4 is 11.8 Å². The SMILES string of the molecule is NC(CCN1CCOCC1)CSC1=CCCC=C1. The third kappa shape index (κ3) is 5.14. The van der Waals surface area contributed by atoms with Gasteiger partial charge in [0.25, 0.3) is 0 Å². The van der Waals surface area contributed by atoms with Crippen molar-refractivity contribution in [3.05, 3.63) is 23.1 Å². The summed E-state index contributed by atoms with van der Waals surface area (Å²) in [7, 11) is 0. The van der Waals surface area contributed by atoms with E-state index in [0.29, 0.717) is 6.04 Å². The van der Waals surface area contributed by atoms with E-state index in [2.05, 4.69) is 23.1 Å². The van der Waals surface area contributed by atoms with Crippen molar-refractivity contribution in [2.45, 2.75) is 25.3 Å². The molecule has 0 spiro atoms. The first-order valence-corrected chi connectivity index (χ1v) is 7.88. The number of thioether (sulfide) groups is 1. The van der Waals surface area contributed by atoms with Crippen LogP contribution in [0.4, 0.5) is 0 Å². The number of hydrogen-bond acceptors (Lipinski definition) is 4. The molecule has 0 amide bonds. The molecule has 4 heteroatoms. The van der Waals surface area contributed by atoms with E-state index >= 15 is 0 Å². The number of morpholine rings is 1. The second-order valence-electron chi connectivity index (χ2n) is 4.90. The largest absolute Gasteiger partial charge is 0.379 e. The van der Waals surface area contributed by atoms with Crippen molar-refractivity contribution in [1.29, 1.82) is 0 Å². The molecule has 2 rings (SSSR count). The van der Waals surface area contributed by atoms with E-state index in [1.807, 2.05) is 11.8 Å². The molecule has 3 nitrogen and oxygen atoms in total. The molecule has 18 heavy (non-hydrogen) atoms. The molecule has 2 aliphatic rings. The van der Waals surface area contributed by atoms with Crippen molar-refractivity contribution in [3.63, 3.8) is 0 Å². The topological polar surface area (TPSA) is 38.5 Å². The first-order chi connectivity index (χ1) is 8.84. The first-order valence-electron chi connectivity index (χ1n) is 6.90. The smallest absolute Gasteiger partial charge is 0.0594 e. The molecule has 1 aliphatic heterocycles. The van der Waals surface area contributed by atoms with Crippen molar-refractivity contribution in [3.8, 4) is 0 Å². The van der Waals surface area contributed by atoms with Crippen LogP contribution in [0.25, 0.3) is 0 Å². The van der Waals surface area contributed by atoms with Gasteiger partial charge >= 0.3 is 0 Å². The number of nitrogens with zero attached hydrogens (tertiary/aromatic N) is 1. The lowest BCUT2D eigenvalue weighted by atomic mass is 10.2. The second kappa shape index (κ2) is 8.00. The molecule has 102 valence electrons. The van der Waals surface area contributed by atoms with Crippen molar-refractivity contribution in [2.24, 2.45) is 5.73 Å². The molecular weight excluding hydrogens is 244 g/mol. The van der Waals surface area contributed by atoms with Crippen molar-refractivity contribution in [2.75, 3.05) is 38.6 Å². The lowest BCUT2D eigenvalue weighted by Gasteiger charge is -2.27. The highest BCUT2D eigenvalue weighted by atomic mass is 32.2. The van der Waals surface area contributed by atoms with Gasteiger partial charge in [-0.05, 0) is 25.8 Å². The summed E-state index contributed by atoms with van der Waals surface area (Å²) >= 11 is 1.90. The standard InChI is InChI=1S/C14H24N2OS/c15-13(6-7-16-8-10-17-11-9-16)12-18-14-4-2-1-3-5-14/h2,4-5,13H,1,3,6-12,15H2. The van der Waals surface area contributed by atoms with E-state index in [4.69, 9.17) is 10.5 Å². The lowest BCUT2D eigenvalue weighted by Crippen LogP contribution is -2.39. The van der Waals surface area contributed by atoms with Crippen molar-refractivity contribution < 1.29 is 4.74 Å². The van der Waals surface area contributed by atoms with Crippen LogP contribution in [0, 0.1) is 0 Å². The Balaban J connectivity index is 1.58. The molecule has 1 aliphatic carbocycles. The zero-order valence-electron chi connectivity index (χ0n) is 11.0. The fourth-order valence-corrected chi connectivity index (χ4v) is 3.16. The molecule has 1 heterocycles. The van der Waals surface area contributed by atoms with E-state index in [-0.39, 0.29) is 0 Å². The van der Waals surface area contributed by atoms with Gasteiger partial charge < -0.3 is 10.5 Å². The fraction of sp³-hybridized carbons (Fsp3) is 0.714. The van der Waals surface area contributed by atoms with E-state index in [9.17, 15) is 0 Å². The van der Waals surface area contributed by atoms with Crippen LogP contribution in [0.5, 0.6) is 0 Å². The monoisotopic (exact) mass is 268 g/mol.